The summed E-state index contributed by atoms with van der Waals surface area (Å²) in [6.07, 6.45) is 0.555. The molecule has 0 nitrogen and oxygen atoms in total. The Morgan fingerprint density at radius 1 is 0.789 bits per heavy atom. The van der Waals surface area contributed by atoms with E-state index in [9.17, 15) is 12.9 Å². The van der Waals surface area contributed by atoms with Gasteiger partial charge in [0.2, 0.25) is 0 Å². The summed E-state index contributed by atoms with van der Waals surface area (Å²) in [6, 6.07) is 17.5. The second-order valence-electron chi connectivity index (χ2n) is 4.67. The van der Waals surface area contributed by atoms with Gasteiger partial charge in [0.25, 0.3) is 0 Å². The van der Waals surface area contributed by atoms with Crippen molar-refractivity contribution in [3.8, 4) is 0 Å². The minimum Gasteiger partial charge on any atom is -0.448 e. The molecule has 0 spiro atoms. The van der Waals surface area contributed by atoms with Crippen molar-refractivity contribution in [2.75, 3.05) is 0 Å². The first kappa shape index (κ1) is 13.7. The summed E-state index contributed by atoms with van der Waals surface area (Å²) in [4.78, 5) is 0. The molecule has 0 amide bonds. The van der Waals surface area contributed by atoms with Crippen molar-refractivity contribution in [1.82, 2.24) is 0 Å². The average molecular weight is 263 g/mol. The zero-order valence-electron chi connectivity index (χ0n) is 10.5. The number of hydrogen-bond acceptors (Lipinski definition) is 0. The molecule has 2 aromatic rings. The van der Waals surface area contributed by atoms with E-state index in [4.69, 9.17) is 0 Å². The van der Waals surface area contributed by atoms with Gasteiger partial charge in [0.15, 0.2) is 0 Å². The van der Waals surface area contributed by atoms with Gasteiger partial charge < -0.3 is 12.9 Å². The van der Waals surface area contributed by atoms with Crippen LogP contribution in [0.1, 0.15) is 23.4 Å². The van der Waals surface area contributed by atoms with Crippen LogP contribution in [-0.2, 0) is 6.42 Å². The Bertz CT molecular complexity index is 494. The van der Waals surface area contributed by atoms with Crippen molar-refractivity contribution in [3.63, 3.8) is 0 Å². The highest BCUT2D eigenvalue weighted by molar-refractivity contribution is 6.60. The molecule has 0 bridgehead atoms. The highest BCUT2D eigenvalue weighted by Crippen LogP contribution is 2.34. The molecular weight excluding hydrogens is 248 g/mol. The van der Waals surface area contributed by atoms with Crippen molar-refractivity contribution in [2.24, 2.45) is 0 Å². The fraction of sp³-hybridized carbons (Fsp3) is 0.200. The van der Waals surface area contributed by atoms with E-state index in [1.807, 2.05) is 30.3 Å². The van der Waals surface area contributed by atoms with E-state index in [0.717, 1.165) is 5.56 Å². The minimum absolute atomic E-state index is 0.109. The van der Waals surface area contributed by atoms with Gasteiger partial charge >= 0.3 is 6.98 Å². The standard InChI is InChI=1S/C15H15BF3/c17-16(18,19)15(14-9-5-2-6-10-14)12-11-13-7-3-1-4-8-13/h1-10,15H,11-12H2/q-1/t15-/m1/s1. The lowest BCUT2D eigenvalue weighted by molar-refractivity contribution is 0.430. The summed E-state index contributed by atoms with van der Waals surface area (Å²) in [5.41, 5.74) is 1.31. The van der Waals surface area contributed by atoms with Crippen molar-refractivity contribution in [1.29, 1.82) is 0 Å². The van der Waals surface area contributed by atoms with Crippen LogP contribution in [-0.4, -0.2) is 6.98 Å². The van der Waals surface area contributed by atoms with Gasteiger partial charge in [-0.3, -0.25) is 0 Å². The molecule has 0 fully saturated rings. The fourth-order valence-electron chi connectivity index (χ4n) is 2.24. The number of halogens is 3. The van der Waals surface area contributed by atoms with Gasteiger partial charge in [0.1, 0.15) is 0 Å². The highest BCUT2D eigenvalue weighted by Gasteiger charge is 2.35. The number of rotatable bonds is 5. The summed E-state index contributed by atoms with van der Waals surface area (Å²) >= 11 is 0. The maximum atomic E-state index is 13.2. The smallest absolute Gasteiger partial charge is 0.448 e. The van der Waals surface area contributed by atoms with Crippen molar-refractivity contribution < 1.29 is 12.9 Å². The van der Waals surface area contributed by atoms with E-state index < -0.39 is 12.8 Å². The van der Waals surface area contributed by atoms with Gasteiger partial charge in [-0.2, -0.15) is 0 Å². The lowest BCUT2D eigenvalue weighted by atomic mass is 9.66. The van der Waals surface area contributed by atoms with E-state index >= 15 is 0 Å². The molecule has 0 saturated heterocycles. The molecule has 0 radical (unpaired) electrons. The van der Waals surface area contributed by atoms with Crippen molar-refractivity contribution in [2.45, 2.75) is 18.7 Å². The molecule has 0 aliphatic heterocycles. The van der Waals surface area contributed by atoms with E-state index in [1.165, 1.54) is 0 Å². The predicted molar refractivity (Wildman–Crippen MR) is 73.0 cm³/mol. The molecule has 0 aromatic heterocycles. The summed E-state index contributed by atoms with van der Waals surface area (Å²) in [7, 11) is 0. The number of aryl methyl sites for hydroxylation is 1. The largest absolute Gasteiger partial charge is 0.485 e. The first-order valence-electron chi connectivity index (χ1n) is 6.36. The molecule has 19 heavy (non-hydrogen) atoms. The summed E-state index contributed by atoms with van der Waals surface area (Å²) in [6.45, 7) is -4.87. The predicted octanol–water partition coefficient (Wildman–Crippen LogP) is 4.79. The van der Waals surface area contributed by atoms with E-state index in [2.05, 4.69) is 0 Å². The van der Waals surface area contributed by atoms with Crippen LogP contribution in [0.4, 0.5) is 12.9 Å². The second-order valence-corrected chi connectivity index (χ2v) is 4.67. The topological polar surface area (TPSA) is 0 Å². The van der Waals surface area contributed by atoms with Crippen LogP contribution in [0.5, 0.6) is 0 Å². The Kier molecular flexibility index (Phi) is 4.30. The first-order chi connectivity index (χ1) is 9.07. The third-order valence-electron chi connectivity index (χ3n) is 3.27. The van der Waals surface area contributed by atoms with Crippen LogP contribution in [0.3, 0.4) is 0 Å². The lowest BCUT2D eigenvalue weighted by Gasteiger charge is -2.27. The fourth-order valence-corrected chi connectivity index (χ4v) is 2.24. The minimum atomic E-state index is -4.87. The van der Waals surface area contributed by atoms with Crippen LogP contribution < -0.4 is 0 Å². The Morgan fingerprint density at radius 2 is 1.32 bits per heavy atom. The van der Waals surface area contributed by atoms with Gasteiger partial charge in [0, 0.05) is 0 Å². The lowest BCUT2D eigenvalue weighted by Crippen LogP contribution is -2.27. The van der Waals surface area contributed by atoms with Crippen molar-refractivity contribution in [3.05, 3.63) is 71.8 Å². The zero-order valence-corrected chi connectivity index (χ0v) is 10.5. The molecule has 0 aliphatic rings. The molecule has 0 aliphatic carbocycles. The Balaban J connectivity index is 2.12. The second kappa shape index (κ2) is 5.96. The first-order valence-corrected chi connectivity index (χ1v) is 6.36. The third-order valence-corrected chi connectivity index (χ3v) is 3.27. The number of hydrogen-bond donors (Lipinski definition) is 0. The van der Waals surface area contributed by atoms with Gasteiger partial charge in [-0.15, -0.1) is 0 Å². The van der Waals surface area contributed by atoms with Crippen LogP contribution in [0.2, 0.25) is 0 Å². The Labute approximate surface area is 111 Å². The molecule has 0 N–H and O–H groups in total. The highest BCUT2D eigenvalue weighted by atomic mass is 19.4. The molecule has 0 saturated carbocycles. The molecule has 1 atom stereocenters. The van der Waals surface area contributed by atoms with Gasteiger partial charge in [-0.05, 0) is 17.8 Å². The Hall–Kier alpha value is -1.71. The van der Waals surface area contributed by atoms with E-state index in [1.54, 1.807) is 30.3 Å². The van der Waals surface area contributed by atoms with E-state index in [0.29, 0.717) is 12.0 Å². The summed E-state index contributed by atoms with van der Waals surface area (Å²) in [5, 5.41) is 0. The summed E-state index contributed by atoms with van der Waals surface area (Å²) in [5.74, 6) is -1.33. The van der Waals surface area contributed by atoms with Crippen LogP contribution in [0, 0.1) is 0 Å². The van der Waals surface area contributed by atoms with E-state index in [-0.39, 0.29) is 6.42 Å². The van der Waals surface area contributed by atoms with Gasteiger partial charge in [-0.1, -0.05) is 72.6 Å². The van der Waals surface area contributed by atoms with Crippen molar-refractivity contribution >= 4 is 6.98 Å². The maximum Gasteiger partial charge on any atom is 0.485 e. The van der Waals surface area contributed by atoms with Crippen LogP contribution in [0.15, 0.2) is 60.7 Å². The molecule has 4 heteroatoms. The quantitative estimate of drug-likeness (QED) is 0.680. The average Bonchev–Trinajstić information content (AvgIpc) is 2.40. The molecule has 0 heterocycles. The molecule has 2 rings (SSSR count). The van der Waals surface area contributed by atoms with Gasteiger partial charge in [0.05, 0.1) is 0 Å². The monoisotopic (exact) mass is 263 g/mol. The SMILES string of the molecule is F[B-](F)(F)[C@H](CCc1ccccc1)c1ccccc1. The number of benzene rings is 2. The molecule has 2 aromatic carbocycles. The van der Waals surface area contributed by atoms with Crippen LogP contribution in [0.25, 0.3) is 0 Å². The third kappa shape index (κ3) is 3.88. The zero-order chi connectivity index (χ0) is 13.7. The van der Waals surface area contributed by atoms with Gasteiger partial charge in [-0.25, -0.2) is 0 Å². The maximum absolute atomic E-state index is 13.2. The van der Waals surface area contributed by atoms with Crippen LogP contribution >= 0.6 is 0 Å². The molecular formula is C15H15BF3-. The summed E-state index contributed by atoms with van der Waals surface area (Å²) < 4.78 is 39.5. The molecule has 0 unspecified atom stereocenters. The normalized spacial score (nSPS) is 13.2. The molecule has 100 valence electrons. The Morgan fingerprint density at radius 3 is 1.84 bits per heavy atom.